The first-order valence-corrected chi connectivity index (χ1v) is 14.1. The number of piperazine rings is 1. The van der Waals surface area contributed by atoms with Crippen LogP contribution in [-0.2, 0) is 11.3 Å². The van der Waals surface area contributed by atoms with Gasteiger partial charge < -0.3 is 26.0 Å². The molecular formula is C31H30ClF3N6O4. The Morgan fingerprint density at radius 3 is 2.22 bits per heavy atom. The number of carboxylic acid groups (broad SMARTS) is 1. The van der Waals surface area contributed by atoms with Crippen molar-refractivity contribution in [1.29, 1.82) is 0 Å². The fourth-order valence-electron chi connectivity index (χ4n) is 4.43. The van der Waals surface area contributed by atoms with Gasteiger partial charge in [-0.15, -0.1) is 0 Å². The van der Waals surface area contributed by atoms with Gasteiger partial charge in [0.2, 0.25) is 0 Å². The van der Waals surface area contributed by atoms with E-state index in [0.717, 1.165) is 48.4 Å². The Balaban J connectivity index is 0.000000591. The van der Waals surface area contributed by atoms with Crippen LogP contribution in [0.4, 0.5) is 35.0 Å². The van der Waals surface area contributed by atoms with Gasteiger partial charge in [-0.3, -0.25) is 4.79 Å². The summed E-state index contributed by atoms with van der Waals surface area (Å²) in [7, 11) is 0. The lowest BCUT2D eigenvalue weighted by Gasteiger charge is -2.29. The van der Waals surface area contributed by atoms with Gasteiger partial charge >= 0.3 is 18.2 Å². The van der Waals surface area contributed by atoms with E-state index >= 15 is 0 Å². The summed E-state index contributed by atoms with van der Waals surface area (Å²) in [6, 6.07) is 23.1. The van der Waals surface area contributed by atoms with E-state index in [2.05, 4.69) is 25.9 Å². The maximum Gasteiger partial charge on any atom is 0.490 e. The largest absolute Gasteiger partial charge is 0.490 e. The number of nitrogens with one attached hydrogen (secondary N) is 3. The molecule has 0 spiro atoms. The van der Waals surface area contributed by atoms with Crippen molar-refractivity contribution in [1.82, 2.24) is 15.1 Å². The van der Waals surface area contributed by atoms with Gasteiger partial charge in [0, 0.05) is 37.6 Å². The number of urea groups is 1. The third-order valence-corrected chi connectivity index (χ3v) is 7.15. The van der Waals surface area contributed by atoms with Gasteiger partial charge in [-0.2, -0.15) is 18.3 Å². The van der Waals surface area contributed by atoms with Gasteiger partial charge in [-0.1, -0.05) is 66.2 Å². The standard InChI is InChI=1S/C29H29ClN6O2.C2HF3O2/c1-20-7-8-21(19-36-28(37)27(30)26(18-32-36)35-15-13-31-14-16-35)17-25(20)34-29(38)33-24-11-9-23(10-12-24)22-5-3-2-4-6-22;3-2(4,5)1(6)7/h2-12,17-18,31H,13-16,19H2,1H3,(H2,33,34,38);(H,6,7). The molecule has 0 unspecified atom stereocenters. The van der Waals surface area contributed by atoms with Gasteiger partial charge in [0.05, 0.1) is 18.4 Å². The predicted octanol–water partition coefficient (Wildman–Crippen LogP) is 5.61. The number of carbonyl (C=O) groups excluding carboxylic acids is 1. The summed E-state index contributed by atoms with van der Waals surface area (Å²) in [5.74, 6) is -2.76. The van der Waals surface area contributed by atoms with Gasteiger partial charge in [0.25, 0.3) is 5.56 Å². The number of carboxylic acids is 1. The second-order valence-corrected chi connectivity index (χ2v) is 10.4. The number of hydrogen-bond donors (Lipinski definition) is 4. The van der Waals surface area contributed by atoms with Crippen LogP contribution in [0.1, 0.15) is 11.1 Å². The Morgan fingerprint density at radius 1 is 0.978 bits per heavy atom. The first-order valence-electron chi connectivity index (χ1n) is 13.8. The SMILES string of the molecule is Cc1ccc(Cn2ncc(N3CCNCC3)c(Cl)c2=O)cc1NC(=O)Nc1ccc(-c2ccccc2)cc1.O=C(O)C(F)(F)F. The van der Waals surface area contributed by atoms with Crippen molar-refractivity contribution < 1.29 is 27.9 Å². The highest BCUT2D eigenvalue weighted by Gasteiger charge is 2.38. The molecule has 1 saturated heterocycles. The van der Waals surface area contributed by atoms with E-state index in [4.69, 9.17) is 21.5 Å². The number of aromatic nitrogens is 2. The minimum atomic E-state index is -5.08. The first-order chi connectivity index (χ1) is 21.4. The van der Waals surface area contributed by atoms with E-state index in [9.17, 15) is 22.8 Å². The summed E-state index contributed by atoms with van der Waals surface area (Å²) < 4.78 is 33.1. The smallest absolute Gasteiger partial charge is 0.475 e. The summed E-state index contributed by atoms with van der Waals surface area (Å²) >= 11 is 6.44. The molecule has 1 fully saturated rings. The molecule has 1 aliphatic heterocycles. The fraction of sp³-hybridized carbons (Fsp3) is 0.226. The monoisotopic (exact) mass is 642 g/mol. The Morgan fingerprint density at radius 2 is 1.60 bits per heavy atom. The highest BCUT2D eigenvalue weighted by molar-refractivity contribution is 6.33. The topological polar surface area (TPSA) is 129 Å². The van der Waals surface area contributed by atoms with Crippen LogP contribution < -0.4 is 26.4 Å². The quantitative estimate of drug-likeness (QED) is 0.215. The predicted molar refractivity (Wildman–Crippen MR) is 167 cm³/mol. The van der Waals surface area contributed by atoms with Crippen LogP contribution in [0.2, 0.25) is 5.02 Å². The zero-order valence-corrected chi connectivity index (χ0v) is 24.8. The number of halogens is 4. The normalized spacial score (nSPS) is 13.0. The van der Waals surface area contributed by atoms with Crippen molar-refractivity contribution in [2.24, 2.45) is 0 Å². The van der Waals surface area contributed by atoms with Crippen molar-refractivity contribution in [3.63, 3.8) is 0 Å². The van der Waals surface area contributed by atoms with Crippen LogP contribution in [-0.4, -0.2) is 59.2 Å². The number of aliphatic carboxylic acids is 1. The lowest BCUT2D eigenvalue weighted by atomic mass is 10.1. The van der Waals surface area contributed by atoms with Crippen LogP contribution in [0.15, 0.2) is 83.8 Å². The van der Waals surface area contributed by atoms with E-state index in [1.807, 2.05) is 79.7 Å². The molecule has 1 aromatic heterocycles. The maximum absolute atomic E-state index is 12.9. The van der Waals surface area contributed by atoms with E-state index in [1.54, 1.807) is 6.20 Å². The Hall–Kier alpha value is -4.88. The molecule has 0 aliphatic carbocycles. The molecule has 236 valence electrons. The molecule has 10 nitrogen and oxygen atoms in total. The second kappa shape index (κ2) is 14.7. The number of nitrogens with zero attached hydrogens (tertiary/aromatic N) is 3. The number of anilines is 3. The summed E-state index contributed by atoms with van der Waals surface area (Å²) in [5.41, 5.74) is 5.57. The van der Waals surface area contributed by atoms with Crippen molar-refractivity contribution in [2.75, 3.05) is 41.7 Å². The van der Waals surface area contributed by atoms with Crippen LogP contribution in [0.5, 0.6) is 0 Å². The lowest BCUT2D eigenvalue weighted by Crippen LogP contribution is -2.44. The van der Waals surface area contributed by atoms with Crippen LogP contribution in [0, 0.1) is 6.92 Å². The molecule has 2 heterocycles. The number of benzene rings is 3. The van der Waals surface area contributed by atoms with E-state index in [0.29, 0.717) is 17.1 Å². The van der Waals surface area contributed by atoms with Crippen molar-refractivity contribution >= 4 is 40.7 Å². The molecule has 4 N–H and O–H groups in total. The third-order valence-electron chi connectivity index (χ3n) is 6.80. The van der Waals surface area contributed by atoms with E-state index in [-0.39, 0.29) is 23.2 Å². The first kappa shape index (κ1) is 33.0. The Labute approximate surface area is 261 Å². The highest BCUT2D eigenvalue weighted by atomic mass is 35.5. The molecule has 4 aromatic rings. The summed E-state index contributed by atoms with van der Waals surface area (Å²) in [6.45, 7) is 5.37. The summed E-state index contributed by atoms with van der Waals surface area (Å²) in [5, 5.41) is 20.7. The van der Waals surface area contributed by atoms with Crippen molar-refractivity contribution in [3.05, 3.63) is 105 Å². The molecule has 0 radical (unpaired) electrons. The maximum atomic E-state index is 12.9. The molecule has 0 saturated carbocycles. The Kier molecular flexibility index (Phi) is 10.8. The lowest BCUT2D eigenvalue weighted by molar-refractivity contribution is -0.192. The third kappa shape index (κ3) is 9.06. The molecular weight excluding hydrogens is 613 g/mol. The van der Waals surface area contributed by atoms with Crippen LogP contribution in [0.25, 0.3) is 11.1 Å². The average Bonchev–Trinajstić information content (AvgIpc) is 3.02. The molecule has 0 atom stereocenters. The summed E-state index contributed by atoms with van der Waals surface area (Å²) in [6.07, 6.45) is -3.43. The van der Waals surface area contributed by atoms with Gasteiger partial charge in [0.1, 0.15) is 5.02 Å². The molecule has 14 heteroatoms. The van der Waals surface area contributed by atoms with Crippen molar-refractivity contribution in [3.8, 4) is 11.1 Å². The van der Waals surface area contributed by atoms with Crippen LogP contribution >= 0.6 is 11.6 Å². The van der Waals surface area contributed by atoms with Crippen molar-refractivity contribution in [2.45, 2.75) is 19.6 Å². The number of alkyl halides is 3. The number of aryl methyl sites for hydroxylation is 1. The Bertz CT molecular complexity index is 1690. The zero-order chi connectivity index (χ0) is 32.6. The van der Waals surface area contributed by atoms with Gasteiger partial charge in [0.15, 0.2) is 0 Å². The minimum absolute atomic E-state index is 0.171. The van der Waals surface area contributed by atoms with Gasteiger partial charge in [-0.25, -0.2) is 14.3 Å². The molecule has 0 bridgehead atoms. The van der Waals surface area contributed by atoms with Crippen LogP contribution in [0.3, 0.4) is 0 Å². The molecule has 5 rings (SSSR count). The molecule has 2 amide bonds. The number of carbonyl (C=O) groups is 2. The van der Waals surface area contributed by atoms with E-state index < -0.39 is 12.1 Å². The molecule has 1 aliphatic rings. The van der Waals surface area contributed by atoms with E-state index in [1.165, 1.54) is 4.68 Å². The number of rotatable bonds is 6. The number of amides is 2. The average molecular weight is 643 g/mol. The minimum Gasteiger partial charge on any atom is -0.475 e. The fourth-order valence-corrected chi connectivity index (χ4v) is 4.70. The summed E-state index contributed by atoms with van der Waals surface area (Å²) in [4.78, 5) is 36.6. The molecule has 45 heavy (non-hydrogen) atoms. The zero-order valence-electron chi connectivity index (χ0n) is 24.1. The second-order valence-electron chi connectivity index (χ2n) is 10.0. The van der Waals surface area contributed by atoms with Gasteiger partial charge in [-0.05, 0) is 47.4 Å². The number of hydrogen-bond acceptors (Lipinski definition) is 6. The molecule has 3 aromatic carbocycles. The highest BCUT2D eigenvalue weighted by Crippen LogP contribution is 2.24.